The summed E-state index contributed by atoms with van der Waals surface area (Å²) < 4.78 is 0. The second-order valence-electron chi connectivity index (χ2n) is 7.54. The van der Waals surface area contributed by atoms with Crippen molar-refractivity contribution in [3.05, 3.63) is 36.4 Å². The van der Waals surface area contributed by atoms with E-state index >= 15 is 0 Å². The van der Waals surface area contributed by atoms with E-state index in [-0.39, 0.29) is 12.8 Å². The highest BCUT2D eigenvalue weighted by molar-refractivity contribution is 5.94. The Morgan fingerprint density at radius 3 is 1.97 bits per heavy atom. The number of carbonyl (C=O) groups excluding carboxylic acids is 3. The molecule has 34 heavy (non-hydrogen) atoms. The molecule has 3 amide bonds. The molecule has 0 aliphatic heterocycles. The number of rotatable bonds is 13. The Kier molecular flexibility index (Phi) is 9.66. The third-order valence-corrected chi connectivity index (χ3v) is 4.80. The standard InChI is InChI=1S/C19H28N8O7/c1-9(29)15(27-16(30)12(20)2-10-4-21-7-23-10)18(32)26-14(6-28)17(31)25-13(19(33)34)3-11-5-22-8-24-11/h4-5,7-9,12-15,28-29H,2-3,6,20H2,1H3,(H,21,23)(H,22,24)(H,25,31)(H,26,32)(H,27,30)(H,33,34). The second kappa shape index (κ2) is 12.4. The molecule has 0 fully saturated rings. The monoisotopic (exact) mass is 480 g/mol. The number of hydrogen-bond donors (Lipinski definition) is 9. The first-order chi connectivity index (χ1) is 16.1. The number of aliphatic hydroxyl groups is 2. The van der Waals surface area contributed by atoms with Crippen LogP contribution in [0.4, 0.5) is 0 Å². The third kappa shape index (κ3) is 7.65. The van der Waals surface area contributed by atoms with Crippen LogP contribution in [0.5, 0.6) is 0 Å². The quantitative estimate of drug-likeness (QED) is 0.135. The van der Waals surface area contributed by atoms with Gasteiger partial charge < -0.3 is 47.0 Å². The zero-order chi connectivity index (χ0) is 25.3. The normalized spacial score (nSPS) is 15.4. The summed E-state index contributed by atoms with van der Waals surface area (Å²) >= 11 is 0. The largest absolute Gasteiger partial charge is 0.480 e. The Morgan fingerprint density at radius 2 is 1.50 bits per heavy atom. The Morgan fingerprint density at radius 1 is 0.941 bits per heavy atom. The van der Waals surface area contributed by atoms with E-state index in [0.29, 0.717) is 11.4 Å². The topological polar surface area (TPSA) is 248 Å². The minimum atomic E-state index is -1.55. The smallest absolute Gasteiger partial charge is 0.326 e. The van der Waals surface area contributed by atoms with Crippen LogP contribution >= 0.6 is 0 Å². The van der Waals surface area contributed by atoms with Crippen molar-refractivity contribution in [2.24, 2.45) is 5.73 Å². The number of carboxylic acids is 1. The van der Waals surface area contributed by atoms with Crippen LogP contribution in [0.15, 0.2) is 25.0 Å². The first kappa shape index (κ1) is 26.4. The summed E-state index contributed by atoms with van der Waals surface area (Å²) in [7, 11) is 0. The number of nitrogens with one attached hydrogen (secondary N) is 5. The van der Waals surface area contributed by atoms with E-state index in [0.717, 1.165) is 0 Å². The summed E-state index contributed by atoms with van der Waals surface area (Å²) in [6.45, 7) is 0.373. The van der Waals surface area contributed by atoms with Gasteiger partial charge in [0.1, 0.15) is 18.1 Å². The van der Waals surface area contributed by atoms with Gasteiger partial charge >= 0.3 is 5.97 Å². The van der Waals surface area contributed by atoms with Crippen LogP contribution in [0.25, 0.3) is 0 Å². The molecule has 10 N–H and O–H groups in total. The van der Waals surface area contributed by atoms with Crippen LogP contribution in [0.1, 0.15) is 18.3 Å². The van der Waals surface area contributed by atoms with Crippen LogP contribution in [-0.4, -0.2) is 95.8 Å². The SMILES string of the molecule is CC(O)C(NC(=O)C(N)Cc1cnc[nH]1)C(=O)NC(CO)C(=O)NC(Cc1cnc[nH]1)C(=O)O. The molecule has 2 rings (SSSR count). The number of carboxylic acid groups (broad SMARTS) is 1. The minimum Gasteiger partial charge on any atom is -0.480 e. The van der Waals surface area contributed by atoms with Crippen LogP contribution < -0.4 is 21.7 Å². The van der Waals surface area contributed by atoms with E-state index < -0.39 is 60.6 Å². The molecule has 5 unspecified atom stereocenters. The fraction of sp³-hybridized carbons (Fsp3) is 0.474. The number of aromatic amines is 2. The molecule has 0 bridgehead atoms. The summed E-state index contributed by atoms with van der Waals surface area (Å²) in [5, 5.41) is 35.6. The number of aromatic nitrogens is 4. The van der Waals surface area contributed by atoms with Gasteiger partial charge in [0, 0.05) is 36.6 Å². The van der Waals surface area contributed by atoms with E-state index in [2.05, 4.69) is 35.9 Å². The van der Waals surface area contributed by atoms with Crippen molar-refractivity contribution in [1.82, 2.24) is 35.9 Å². The van der Waals surface area contributed by atoms with Gasteiger partial charge in [-0.1, -0.05) is 0 Å². The van der Waals surface area contributed by atoms with Gasteiger partial charge in [0.15, 0.2) is 0 Å². The molecule has 0 saturated heterocycles. The average molecular weight is 480 g/mol. The van der Waals surface area contributed by atoms with Crippen molar-refractivity contribution >= 4 is 23.7 Å². The van der Waals surface area contributed by atoms with Crippen molar-refractivity contribution in [2.75, 3.05) is 6.61 Å². The Labute approximate surface area is 193 Å². The number of nitrogens with zero attached hydrogens (tertiary/aromatic N) is 2. The lowest BCUT2D eigenvalue weighted by atomic mass is 10.1. The van der Waals surface area contributed by atoms with Crippen molar-refractivity contribution in [3.8, 4) is 0 Å². The van der Waals surface area contributed by atoms with Crippen LogP contribution in [0, 0.1) is 0 Å². The van der Waals surface area contributed by atoms with Crippen LogP contribution in [-0.2, 0) is 32.0 Å². The van der Waals surface area contributed by atoms with Crippen molar-refractivity contribution in [3.63, 3.8) is 0 Å². The Hall–Kier alpha value is -3.82. The van der Waals surface area contributed by atoms with E-state index in [9.17, 15) is 34.5 Å². The van der Waals surface area contributed by atoms with E-state index in [1.807, 2.05) is 0 Å². The average Bonchev–Trinajstić information content (AvgIpc) is 3.48. The highest BCUT2D eigenvalue weighted by Gasteiger charge is 2.32. The number of carbonyl (C=O) groups is 4. The van der Waals surface area contributed by atoms with Gasteiger partial charge in [0.05, 0.1) is 31.4 Å². The molecule has 0 spiro atoms. The molecule has 0 aliphatic rings. The lowest BCUT2D eigenvalue weighted by Gasteiger charge is -2.25. The summed E-state index contributed by atoms with van der Waals surface area (Å²) in [4.78, 5) is 62.1. The molecular weight excluding hydrogens is 452 g/mol. The molecular formula is C19H28N8O7. The van der Waals surface area contributed by atoms with Gasteiger partial charge in [-0.05, 0) is 6.92 Å². The van der Waals surface area contributed by atoms with Gasteiger partial charge in [-0.15, -0.1) is 0 Å². The van der Waals surface area contributed by atoms with Crippen LogP contribution in [0.3, 0.4) is 0 Å². The van der Waals surface area contributed by atoms with Gasteiger partial charge in [0.25, 0.3) is 0 Å². The molecule has 2 aromatic rings. The summed E-state index contributed by atoms with van der Waals surface area (Å²) in [5.74, 6) is -4.04. The minimum absolute atomic E-state index is 0.0918. The summed E-state index contributed by atoms with van der Waals surface area (Å²) in [5.41, 5.74) is 6.86. The first-order valence-corrected chi connectivity index (χ1v) is 10.2. The first-order valence-electron chi connectivity index (χ1n) is 10.2. The Balaban J connectivity index is 1.99. The molecule has 0 radical (unpaired) electrons. The summed E-state index contributed by atoms with van der Waals surface area (Å²) in [6, 6.07) is -5.48. The number of aliphatic hydroxyl groups excluding tert-OH is 2. The fourth-order valence-corrected chi connectivity index (χ4v) is 2.94. The van der Waals surface area contributed by atoms with Crippen LogP contribution in [0.2, 0.25) is 0 Å². The second-order valence-corrected chi connectivity index (χ2v) is 7.54. The summed E-state index contributed by atoms with van der Waals surface area (Å²) in [6.07, 6.45) is 4.22. The molecule has 186 valence electrons. The zero-order valence-electron chi connectivity index (χ0n) is 18.3. The number of hydrogen-bond acceptors (Lipinski definition) is 9. The van der Waals surface area contributed by atoms with Gasteiger partial charge in [-0.25, -0.2) is 14.8 Å². The highest BCUT2D eigenvalue weighted by atomic mass is 16.4. The fourth-order valence-electron chi connectivity index (χ4n) is 2.94. The predicted octanol–water partition coefficient (Wildman–Crippen LogP) is -3.84. The molecule has 15 nitrogen and oxygen atoms in total. The van der Waals surface area contributed by atoms with E-state index in [1.165, 1.54) is 32.0 Å². The van der Waals surface area contributed by atoms with E-state index in [4.69, 9.17) is 5.73 Å². The molecule has 15 heteroatoms. The number of amides is 3. The van der Waals surface area contributed by atoms with Gasteiger partial charge in [-0.3, -0.25) is 14.4 Å². The number of nitrogens with two attached hydrogens (primary N) is 1. The zero-order valence-corrected chi connectivity index (χ0v) is 18.3. The molecule has 0 saturated carbocycles. The molecule has 2 aromatic heterocycles. The molecule has 2 heterocycles. The van der Waals surface area contributed by atoms with Crippen molar-refractivity contribution in [2.45, 2.75) is 50.0 Å². The molecule has 0 aliphatic carbocycles. The number of imidazole rings is 2. The number of H-pyrrole nitrogens is 2. The maximum absolute atomic E-state index is 12.6. The number of aliphatic carboxylic acids is 1. The Bertz CT molecular complexity index is 948. The van der Waals surface area contributed by atoms with Crippen molar-refractivity contribution < 1.29 is 34.5 Å². The predicted molar refractivity (Wildman–Crippen MR) is 115 cm³/mol. The highest BCUT2D eigenvalue weighted by Crippen LogP contribution is 2.02. The van der Waals surface area contributed by atoms with Crippen molar-refractivity contribution in [1.29, 1.82) is 0 Å². The molecule has 0 aromatic carbocycles. The molecule has 5 atom stereocenters. The lowest BCUT2D eigenvalue weighted by Crippen LogP contribution is -2.60. The van der Waals surface area contributed by atoms with Gasteiger partial charge in [0.2, 0.25) is 17.7 Å². The third-order valence-electron chi connectivity index (χ3n) is 4.80. The lowest BCUT2D eigenvalue weighted by molar-refractivity contribution is -0.142. The van der Waals surface area contributed by atoms with Gasteiger partial charge in [-0.2, -0.15) is 0 Å². The maximum atomic E-state index is 12.6. The maximum Gasteiger partial charge on any atom is 0.326 e. The van der Waals surface area contributed by atoms with E-state index in [1.54, 1.807) is 0 Å².